The third-order valence-corrected chi connectivity index (χ3v) is 11.6. The van der Waals surface area contributed by atoms with E-state index in [1.54, 1.807) is 0 Å². The van der Waals surface area contributed by atoms with Gasteiger partial charge < -0.3 is 9.30 Å². The van der Waals surface area contributed by atoms with Crippen molar-refractivity contribution in [1.29, 1.82) is 0 Å². The van der Waals surface area contributed by atoms with Gasteiger partial charge in [-0.25, -0.2) is 0 Å². The average Bonchev–Trinajstić information content (AvgIpc) is 3.66. The summed E-state index contributed by atoms with van der Waals surface area (Å²) < 4.78 is 2.48. The standard InChI is InChI=1S/C56H38N2/c1-4-15-39(16-5-1)41-27-33-45(34-28-41)57(46-35-29-42(30-36-46)40-17-6-2-7-18-40)47-37-31-43(32-38-47)48-23-14-24-51-55(48)50-22-11-13-26-53(50)58-52-25-12-10-21-49(52)54(56(51)58)44-19-8-3-9-20-44/h1-38H. The van der Waals surface area contributed by atoms with E-state index in [1.165, 1.54) is 82.6 Å². The van der Waals surface area contributed by atoms with E-state index in [1.807, 2.05) is 0 Å². The van der Waals surface area contributed by atoms with Gasteiger partial charge in [0.1, 0.15) is 0 Å². The highest BCUT2D eigenvalue weighted by Gasteiger charge is 2.21. The highest BCUT2D eigenvalue weighted by Crippen LogP contribution is 2.45. The minimum atomic E-state index is 1.10. The summed E-state index contributed by atoms with van der Waals surface area (Å²) in [6, 6.07) is 83.5. The lowest BCUT2D eigenvalue weighted by atomic mass is 9.93. The predicted octanol–water partition coefficient (Wildman–Crippen LogP) is 15.5. The van der Waals surface area contributed by atoms with Crippen molar-refractivity contribution < 1.29 is 0 Å². The minimum Gasteiger partial charge on any atom is -0.311 e. The second kappa shape index (κ2) is 14.1. The van der Waals surface area contributed by atoms with E-state index in [9.17, 15) is 0 Å². The zero-order valence-electron chi connectivity index (χ0n) is 31.8. The fourth-order valence-electron chi connectivity index (χ4n) is 8.91. The second-order valence-electron chi connectivity index (χ2n) is 14.9. The lowest BCUT2D eigenvalue weighted by molar-refractivity contribution is 1.28. The number of aromatic nitrogens is 1. The Hall–Kier alpha value is -7.68. The largest absolute Gasteiger partial charge is 0.311 e. The molecule has 0 atom stereocenters. The number of benzene rings is 9. The van der Waals surface area contributed by atoms with Crippen molar-refractivity contribution in [1.82, 2.24) is 4.40 Å². The van der Waals surface area contributed by atoms with Crippen LogP contribution in [0.3, 0.4) is 0 Å². The summed E-state index contributed by atoms with van der Waals surface area (Å²) in [5.41, 5.74) is 16.7. The first-order valence-corrected chi connectivity index (χ1v) is 19.9. The molecule has 0 aliphatic heterocycles. The number of anilines is 3. The quantitative estimate of drug-likeness (QED) is 0.148. The Morgan fingerprint density at radius 3 is 1.21 bits per heavy atom. The summed E-state index contributed by atoms with van der Waals surface area (Å²) in [4.78, 5) is 2.35. The summed E-state index contributed by atoms with van der Waals surface area (Å²) in [7, 11) is 0. The first-order valence-electron chi connectivity index (χ1n) is 19.9. The topological polar surface area (TPSA) is 7.65 Å². The molecule has 2 heteroatoms. The molecule has 58 heavy (non-hydrogen) atoms. The molecule has 0 unspecified atom stereocenters. The van der Waals surface area contributed by atoms with Crippen molar-refractivity contribution in [2.45, 2.75) is 0 Å². The molecular formula is C56H38N2. The molecule has 2 aromatic heterocycles. The molecule has 0 saturated heterocycles. The van der Waals surface area contributed by atoms with Crippen LogP contribution >= 0.6 is 0 Å². The minimum absolute atomic E-state index is 1.10. The molecule has 11 aromatic rings. The zero-order chi connectivity index (χ0) is 38.4. The maximum Gasteiger partial charge on any atom is 0.0626 e. The molecule has 0 saturated carbocycles. The number of nitrogens with zero attached hydrogens (tertiary/aromatic N) is 2. The Morgan fingerprint density at radius 1 is 0.276 bits per heavy atom. The van der Waals surface area contributed by atoms with Crippen LogP contribution in [0.5, 0.6) is 0 Å². The molecule has 9 aromatic carbocycles. The molecule has 272 valence electrons. The maximum absolute atomic E-state index is 2.48. The molecule has 0 amide bonds. The van der Waals surface area contributed by atoms with E-state index in [-0.39, 0.29) is 0 Å². The van der Waals surface area contributed by atoms with Crippen molar-refractivity contribution in [3.63, 3.8) is 0 Å². The fraction of sp³-hybridized carbons (Fsp3) is 0. The van der Waals surface area contributed by atoms with Crippen molar-refractivity contribution in [3.05, 3.63) is 231 Å². The number of rotatable bonds is 7. The molecule has 0 aliphatic carbocycles. The molecule has 0 N–H and O–H groups in total. The summed E-state index contributed by atoms with van der Waals surface area (Å²) in [6.07, 6.45) is 0. The van der Waals surface area contributed by atoms with Crippen LogP contribution in [-0.2, 0) is 0 Å². The monoisotopic (exact) mass is 738 g/mol. The van der Waals surface area contributed by atoms with Crippen LogP contribution in [0.25, 0.3) is 82.6 Å². The van der Waals surface area contributed by atoms with Crippen molar-refractivity contribution in [3.8, 4) is 44.5 Å². The van der Waals surface area contributed by atoms with Crippen LogP contribution in [0.15, 0.2) is 231 Å². The lowest BCUT2D eigenvalue weighted by Gasteiger charge is -2.26. The Labute approximate surface area is 338 Å². The van der Waals surface area contributed by atoms with Crippen LogP contribution in [0.1, 0.15) is 0 Å². The number of fused-ring (bicyclic) bond motifs is 8. The Morgan fingerprint density at radius 2 is 0.672 bits per heavy atom. The molecule has 0 radical (unpaired) electrons. The highest BCUT2D eigenvalue weighted by atomic mass is 15.1. The molecule has 0 bridgehead atoms. The average molecular weight is 739 g/mol. The van der Waals surface area contributed by atoms with Crippen molar-refractivity contribution >= 4 is 55.2 Å². The van der Waals surface area contributed by atoms with Gasteiger partial charge in [0.25, 0.3) is 0 Å². The maximum atomic E-state index is 2.48. The van der Waals surface area contributed by atoms with Crippen LogP contribution in [0.2, 0.25) is 0 Å². The Bertz CT molecular complexity index is 3140. The summed E-state index contributed by atoms with van der Waals surface area (Å²) >= 11 is 0. The summed E-state index contributed by atoms with van der Waals surface area (Å²) in [5, 5.41) is 5.01. The second-order valence-corrected chi connectivity index (χ2v) is 14.9. The molecule has 2 heterocycles. The van der Waals surface area contributed by atoms with E-state index < -0.39 is 0 Å². The molecule has 11 rings (SSSR count). The normalized spacial score (nSPS) is 11.4. The van der Waals surface area contributed by atoms with E-state index >= 15 is 0 Å². The van der Waals surface area contributed by atoms with Crippen molar-refractivity contribution in [2.24, 2.45) is 0 Å². The third kappa shape index (κ3) is 5.66. The summed E-state index contributed by atoms with van der Waals surface area (Å²) in [5.74, 6) is 0. The van der Waals surface area contributed by atoms with Gasteiger partial charge in [0.15, 0.2) is 0 Å². The van der Waals surface area contributed by atoms with Crippen molar-refractivity contribution in [2.75, 3.05) is 4.90 Å². The Kier molecular flexibility index (Phi) is 8.19. The fourth-order valence-corrected chi connectivity index (χ4v) is 8.91. The lowest BCUT2D eigenvalue weighted by Crippen LogP contribution is -2.09. The van der Waals surface area contributed by atoms with E-state index in [2.05, 4.69) is 240 Å². The van der Waals surface area contributed by atoms with E-state index in [0.717, 1.165) is 17.1 Å². The van der Waals surface area contributed by atoms with Gasteiger partial charge in [0, 0.05) is 44.2 Å². The smallest absolute Gasteiger partial charge is 0.0626 e. The first kappa shape index (κ1) is 33.6. The zero-order valence-corrected chi connectivity index (χ0v) is 31.8. The van der Waals surface area contributed by atoms with E-state index in [0.29, 0.717) is 0 Å². The van der Waals surface area contributed by atoms with E-state index in [4.69, 9.17) is 0 Å². The summed E-state index contributed by atoms with van der Waals surface area (Å²) in [6.45, 7) is 0. The predicted molar refractivity (Wildman–Crippen MR) is 246 cm³/mol. The van der Waals surface area contributed by atoms with Gasteiger partial charge in [-0.05, 0) is 87.5 Å². The number of hydrogen-bond acceptors (Lipinski definition) is 1. The van der Waals surface area contributed by atoms with Gasteiger partial charge in [-0.15, -0.1) is 0 Å². The van der Waals surface area contributed by atoms with Gasteiger partial charge in [-0.3, -0.25) is 0 Å². The number of pyridine rings is 1. The van der Waals surface area contributed by atoms with Gasteiger partial charge in [-0.1, -0.05) is 182 Å². The van der Waals surface area contributed by atoms with Gasteiger partial charge in [0.05, 0.1) is 16.6 Å². The van der Waals surface area contributed by atoms with Gasteiger partial charge in [-0.2, -0.15) is 0 Å². The number of para-hydroxylation sites is 2. The first-order chi connectivity index (χ1) is 28.8. The molecular weight excluding hydrogens is 701 g/mol. The highest BCUT2D eigenvalue weighted by molar-refractivity contribution is 6.25. The molecule has 0 fully saturated rings. The SMILES string of the molecule is c1ccc(-c2ccc(N(c3ccc(-c4ccccc4)cc3)c3ccc(-c4cccc5c4c4ccccc4n4c6ccccc6c(-c6ccccc6)c54)cc3)cc2)cc1. The van der Waals surface area contributed by atoms with Crippen LogP contribution in [0, 0.1) is 0 Å². The van der Waals surface area contributed by atoms with Crippen LogP contribution in [-0.4, -0.2) is 4.40 Å². The van der Waals surface area contributed by atoms with Crippen LogP contribution < -0.4 is 4.90 Å². The molecule has 0 aliphatic rings. The number of hydrogen-bond donors (Lipinski definition) is 0. The third-order valence-electron chi connectivity index (χ3n) is 11.6. The van der Waals surface area contributed by atoms with Gasteiger partial charge >= 0.3 is 0 Å². The van der Waals surface area contributed by atoms with Crippen LogP contribution in [0.4, 0.5) is 17.1 Å². The van der Waals surface area contributed by atoms with Gasteiger partial charge in [0.2, 0.25) is 0 Å². The Balaban J connectivity index is 1.07. The molecule has 2 nitrogen and oxygen atoms in total. The molecule has 0 spiro atoms.